The van der Waals surface area contributed by atoms with Gasteiger partial charge in [-0.2, -0.15) is 4.98 Å². The summed E-state index contributed by atoms with van der Waals surface area (Å²) in [5.74, 6) is 0. The van der Waals surface area contributed by atoms with Crippen molar-refractivity contribution in [2.45, 2.75) is 20.0 Å². The van der Waals surface area contributed by atoms with Crippen LogP contribution < -0.4 is 4.74 Å². The molecule has 1 aromatic heterocycles. The van der Waals surface area contributed by atoms with Crippen LogP contribution in [0.5, 0.6) is 6.01 Å². The van der Waals surface area contributed by atoms with Crippen molar-refractivity contribution in [2.75, 3.05) is 0 Å². The van der Waals surface area contributed by atoms with Crippen LogP contribution in [-0.4, -0.2) is 15.7 Å². The van der Waals surface area contributed by atoms with Gasteiger partial charge in [0.1, 0.15) is 0 Å². The molecule has 0 aliphatic carbocycles. The largest absolute Gasteiger partial charge is 0.462 e. The van der Waals surface area contributed by atoms with Crippen LogP contribution in [0.1, 0.15) is 13.8 Å². The zero-order chi connectivity index (χ0) is 10.1. The van der Waals surface area contributed by atoms with Gasteiger partial charge in [0.2, 0.25) is 0 Å². The predicted octanol–water partition coefficient (Wildman–Crippen LogP) is 2.36. The van der Waals surface area contributed by atoms with Crippen molar-refractivity contribution in [2.24, 2.45) is 7.05 Å². The van der Waals surface area contributed by atoms with Gasteiger partial charge in [0.25, 0.3) is 6.01 Å². The highest BCUT2D eigenvalue weighted by molar-refractivity contribution is 5.76. The van der Waals surface area contributed by atoms with Gasteiger partial charge in [-0.3, -0.25) is 4.57 Å². The van der Waals surface area contributed by atoms with Gasteiger partial charge in [-0.05, 0) is 26.0 Å². The summed E-state index contributed by atoms with van der Waals surface area (Å²) in [6, 6.07) is 8.69. The monoisotopic (exact) mass is 190 g/mol. The van der Waals surface area contributed by atoms with Crippen molar-refractivity contribution < 1.29 is 4.74 Å². The molecule has 3 nitrogen and oxygen atoms in total. The van der Waals surface area contributed by atoms with Gasteiger partial charge >= 0.3 is 0 Å². The number of nitrogens with zero attached hydrogens (tertiary/aromatic N) is 2. The number of ether oxygens (including phenoxy) is 1. The summed E-state index contributed by atoms with van der Waals surface area (Å²) >= 11 is 0. The molecule has 1 heterocycles. The van der Waals surface area contributed by atoms with Gasteiger partial charge in [0, 0.05) is 7.05 Å². The minimum Gasteiger partial charge on any atom is -0.462 e. The Morgan fingerprint density at radius 1 is 1.29 bits per heavy atom. The number of hydrogen-bond donors (Lipinski definition) is 0. The molecule has 14 heavy (non-hydrogen) atoms. The lowest BCUT2D eigenvalue weighted by Gasteiger charge is -2.07. The van der Waals surface area contributed by atoms with Gasteiger partial charge in [0.15, 0.2) is 0 Å². The number of rotatable bonds is 2. The average molecular weight is 190 g/mol. The molecule has 3 heteroatoms. The maximum atomic E-state index is 5.58. The first kappa shape index (κ1) is 9.06. The molecular formula is C11H14N2O. The summed E-state index contributed by atoms with van der Waals surface area (Å²) in [6.07, 6.45) is 0.158. The molecule has 0 bridgehead atoms. The van der Waals surface area contributed by atoms with Gasteiger partial charge in [0.05, 0.1) is 17.1 Å². The van der Waals surface area contributed by atoms with E-state index in [0.29, 0.717) is 6.01 Å². The van der Waals surface area contributed by atoms with E-state index in [9.17, 15) is 0 Å². The Kier molecular flexibility index (Phi) is 2.15. The maximum absolute atomic E-state index is 5.58. The molecule has 0 spiro atoms. The smallest absolute Gasteiger partial charge is 0.297 e. The van der Waals surface area contributed by atoms with Crippen molar-refractivity contribution in [1.82, 2.24) is 9.55 Å². The van der Waals surface area contributed by atoms with Crippen molar-refractivity contribution >= 4 is 11.0 Å². The second-order valence-corrected chi connectivity index (χ2v) is 3.61. The highest BCUT2D eigenvalue weighted by Crippen LogP contribution is 2.19. The summed E-state index contributed by atoms with van der Waals surface area (Å²) in [7, 11) is 1.97. The Morgan fingerprint density at radius 2 is 2.00 bits per heavy atom. The van der Waals surface area contributed by atoms with Crippen LogP contribution in [0.4, 0.5) is 0 Å². The highest BCUT2D eigenvalue weighted by Gasteiger charge is 2.08. The SMILES string of the molecule is CC(C)Oc1nc2ccccc2n1C. The van der Waals surface area contributed by atoms with E-state index in [-0.39, 0.29) is 6.10 Å². The summed E-state index contributed by atoms with van der Waals surface area (Å²) in [5, 5.41) is 0. The molecular weight excluding hydrogens is 176 g/mol. The Hall–Kier alpha value is -1.51. The third-order valence-corrected chi connectivity index (χ3v) is 2.09. The van der Waals surface area contributed by atoms with Crippen LogP contribution in [0, 0.1) is 0 Å². The molecule has 1 aromatic carbocycles. The van der Waals surface area contributed by atoms with Crippen LogP contribution in [-0.2, 0) is 7.05 Å². The minimum absolute atomic E-state index is 0.158. The van der Waals surface area contributed by atoms with Crippen LogP contribution in [0.15, 0.2) is 24.3 Å². The van der Waals surface area contributed by atoms with Crippen LogP contribution in [0.2, 0.25) is 0 Å². The Balaban J connectivity index is 2.51. The molecule has 0 saturated carbocycles. The van der Waals surface area contributed by atoms with Crippen LogP contribution >= 0.6 is 0 Å². The second-order valence-electron chi connectivity index (χ2n) is 3.61. The lowest BCUT2D eigenvalue weighted by atomic mass is 10.3. The van der Waals surface area contributed by atoms with E-state index < -0.39 is 0 Å². The predicted molar refractivity (Wildman–Crippen MR) is 56.5 cm³/mol. The zero-order valence-electron chi connectivity index (χ0n) is 8.69. The Bertz CT molecular complexity index is 445. The molecule has 0 atom stereocenters. The van der Waals surface area contributed by atoms with Crippen LogP contribution in [0.3, 0.4) is 0 Å². The molecule has 0 saturated heterocycles. The van der Waals surface area contributed by atoms with E-state index in [1.807, 2.05) is 49.7 Å². The van der Waals surface area contributed by atoms with Gasteiger partial charge in [-0.1, -0.05) is 12.1 Å². The van der Waals surface area contributed by atoms with Crippen LogP contribution in [0.25, 0.3) is 11.0 Å². The Morgan fingerprint density at radius 3 is 2.64 bits per heavy atom. The fourth-order valence-electron chi connectivity index (χ4n) is 1.44. The number of benzene rings is 1. The van der Waals surface area contributed by atoms with E-state index in [1.165, 1.54) is 0 Å². The number of para-hydroxylation sites is 2. The molecule has 2 aromatic rings. The molecule has 0 amide bonds. The average Bonchev–Trinajstić information content (AvgIpc) is 2.44. The number of aromatic nitrogens is 2. The molecule has 0 unspecified atom stereocenters. The van der Waals surface area contributed by atoms with Gasteiger partial charge in [-0.25, -0.2) is 0 Å². The van der Waals surface area contributed by atoms with Crippen molar-refractivity contribution in [3.8, 4) is 6.01 Å². The third-order valence-electron chi connectivity index (χ3n) is 2.09. The highest BCUT2D eigenvalue weighted by atomic mass is 16.5. The first-order valence-corrected chi connectivity index (χ1v) is 4.76. The van der Waals surface area contributed by atoms with Crippen molar-refractivity contribution in [3.05, 3.63) is 24.3 Å². The summed E-state index contributed by atoms with van der Waals surface area (Å²) in [5.41, 5.74) is 2.08. The fraction of sp³-hybridized carbons (Fsp3) is 0.364. The normalized spacial score (nSPS) is 11.1. The first-order chi connectivity index (χ1) is 6.68. The van der Waals surface area contributed by atoms with E-state index in [0.717, 1.165) is 11.0 Å². The number of imidazole rings is 1. The molecule has 0 aliphatic rings. The van der Waals surface area contributed by atoms with E-state index in [1.54, 1.807) is 0 Å². The van der Waals surface area contributed by atoms with E-state index >= 15 is 0 Å². The second kappa shape index (κ2) is 3.33. The standard InChI is InChI=1S/C11H14N2O/c1-8(2)14-11-12-9-6-4-5-7-10(9)13(11)3/h4-8H,1-3H3. The summed E-state index contributed by atoms with van der Waals surface area (Å²) < 4.78 is 7.55. The van der Waals surface area contributed by atoms with Crippen molar-refractivity contribution in [3.63, 3.8) is 0 Å². The number of aryl methyl sites for hydroxylation is 1. The quantitative estimate of drug-likeness (QED) is 0.726. The molecule has 0 radical (unpaired) electrons. The molecule has 2 rings (SSSR count). The number of fused-ring (bicyclic) bond motifs is 1. The van der Waals surface area contributed by atoms with E-state index in [4.69, 9.17) is 4.74 Å². The Labute approximate surface area is 83.3 Å². The fourth-order valence-corrected chi connectivity index (χ4v) is 1.44. The van der Waals surface area contributed by atoms with Gasteiger partial charge in [-0.15, -0.1) is 0 Å². The molecule has 0 N–H and O–H groups in total. The van der Waals surface area contributed by atoms with Gasteiger partial charge < -0.3 is 4.74 Å². The first-order valence-electron chi connectivity index (χ1n) is 4.76. The minimum atomic E-state index is 0.158. The summed E-state index contributed by atoms with van der Waals surface area (Å²) in [4.78, 5) is 4.39. The number of hydrogen-bond acceptors (Lipinski definition) is 2. The van der Waals surface area contributed by atoms with Crippen molar-refractivity contribution in [1.29, 1.82) is 0 Å². The third kappa shape index (κ3) is 1.45. The summed E-state index contributed by atoms with van der Waals surface area (Å²) in [6.45, 7) is 4.00. The topological polar surface area (TPSA) is 27.1 Å². The molecule has 0 fully saturated rings. The molecule has 0 aliphatic heterocycles. The molecule has 74 valence electrons. The maximum Gasteiger partial charge on any atom is 0.297 e. The lowest BCUT2D eigenvalue weighted by molar-refractivity contribution is 0.216. The van der Waals surface area contributed by atoms with E-state index in [2.05, 4.69) is 4.98 Å². The zero-order valence-corrected chi connectivity index (χ0v) is 8.69. The lowest BCUT2D eigenvalue weighted by Crippen LogP contribution is -2.09.